The van der Waals surface area contributed by atoms with Gasteiger partial charge in [-0.05, 0) is 50.5 Å². The van der Waals surface area contributed by atoms with Crippen LogP contribution in [0.1, 0.15) is 44.7 Å². The molecule has 0 heterocycles. The van der Waals surface area contributed by atoms with Crippen molar-refractivity contribution in [1.82, 2.24) is 4.72 Å². The number of rotatable bonds is 6. The minimum absolute atomic E-state index is 0.195. The normalized spacial score (nSPS) is 12.7. The zero-order valence-corrected chi connectivity index (χ0v) is 14.7. The largest absolute Gasteiger partial charge is 0.392 e. The van der Waals surface area contributed by atoms with E-state index < -0.39 is 15.6 Å². The molecule has 0 amide bonds. The molecule has 0 bridgehead atoms. The Labute approximate surface area is 129 Å². The molecule has 20 heavy (non-hydrogen) atoms. The van der Waals surface area contributed by atoms with E-state index in [1.165, 1.54) is 6.07 Å². The predicted octanol–water partition coefficient (Wildman–Crippen LogP) is 3.11. The van der Waals surface area contributed by atoms with Crippen LogP contribution in [0.3, 0.4) is 0 Å². The molecule has 6 heteroatoms. The van der Waals surface area contributed by atoms with Gasteiger partial charge >= 0.3 is 0 Å². The Bertz CT molecular complexity index is 582. The van der Waals surface area contributed by atoms with Crippen molar-refractivity contribution in [3.05, 3.63) is 27.7 Å². The molecule has 0 saturated heterocycles. The Morgan fingerprint density at radius 2 is 1.95 bits per heavy atom. The molecule has 2 N–H and O–H groups in total. The smallest absolute Gasteiger partial charge is 0.241 e. The SMILES string of the molecule is CCCC(C)(C)NS(=O)(=O)c1cc(CO)cc(Br)c1C. The average Bonchev–Trinajstić information content (AvgIpc) is 2.30. The second kappa shape index (κ2) is 6.56. The minimum Gasteiger partial charge on any atom is -0.392 e. The maximum absolute atomic E-state index is 12.6. The highest BCUT2D eigenvalue weighted by atomic mass is 79.9. The van der Waals surface area contributed by atoms with E-state index in [0.29, 0.717) is 15.6 Å². The van der Waals surface area contributed by atoms with Crippen LogP contribution >= 0.6 is 15.9 Å². The van der Waals surface area contributed by atoms with Crippen LogP contribution in [0.15, 0.2) is 21.5 Å². The third-order valence-corrected chi connectivity index (χ3v) is 5.76. The summed E-state index contributed by atoms with van der Waals surface area (Å²) in [6, 6.07) is 3.25. The van der Waals surface area contributed by atoms with E-state index in [4.69, 9.17) is 0 Å². The van der Waals surface area contributed by atoms with Crippen LogP contribution < -0.4 is 4.72 Å². The van der Waals surface area contributed by atoms with Crippen molar-refractivity contribution in [3.8, 4) is 0 Å². The molecule has 1 rings (SSSR count). The summed E-state index contributed by atoms with van der Waals surface area (Å²) in [5.74, 6) is 0. The third kappa shape index (κ3) is 4.28. The zero-order valence-electron chi connectivity index (χ0n) is 12.3. The maximum atomic E-state index is 12.6. The first-order valence-electron chi connectivity index (χ1n) is 6.57. The van der Waals surface area contributed by atoms with E-state index >= 15 is 0 Å². The number of hydrogen-bond donors (Lipinski definition) is 2. The van der Waals surface area contributed by atoms with Gasteiger partial charge in [-0.1, -0.05) is 29.3 Å². The molecule has 1 aromatic rings. The summed E-state index contributed by atoms with van der Waals surface area (Å²) in [6.07, 6.45) is 1.65. The van der Waals surface area contributed by atoms with E-state index in [0.717, 1.165) is 12.8 Å². The number of benzene rings is 1. The molecule has 1 aromatic carbocycles. The highest BCUT2D eigenvalue weighted by Crippen LogP contribution is 2.27. The summed E-state index contributed by atoms with van der Waals surface area (Å²) in [7, 11) is -3.62. The number of hydrogen-bond acceptors (Lipinski definition) is 3. The lowest BCUT2D eigenvalue weighted by atomic mass is 10.0. The van der Waals surface area contributed by atoms with Gasteiger partial charge in [-0.15, -0.1) is 0 Å². The molecule has 0 aliphatic carbocycles. The Kier molecular flexibility index (Phi) is 5.78. The van der Waals surface area contributed by atoms with Crippen LogP contribution in [0.2, 0.25) is 0 Å². The van der Waals surface area contributed by atoms with Crippen LogP contribution in [-0.4, -0.2) is 19.1 Å². The van der Waals surface area contributed by atoms with E-state index in [2.05, 4.69) is 20.7 Å². The monoisotopic (exact) mass is 363 g/mol. The first kappa shape index (κ1) is 17.6. The number of sulfonamides is 1. The van der Waals surface area contributed by atoms with E-state index in [9.17, 15) is 13.5 Å². The van der Waals surface area contributed by atoms with Crippen molar-refractivity contribution < 1.29 is 13.5 Å². The number of aliphatic hydroxyl groups is 1. The van der Waals surface area contributed by atoms with E-state index in [1.54, 1.807) is 13.0 Å². The van der Waals surface area contributed by atoms with E-state index in [1.807, 2.05) is 20.8 Å². The Hall–Kier alpha value is -0.430. The fourth-order valence-corrected chi connectivity index (χ4v) is 4.57. The zero-order chi connectivity index (χ0) is 15.6. The van der Waals surface area contributed by atoms with Crippen LogP contribution in [-0.2, 0) is 16.6 Å². The molecule has 0 radical (unpaired) electrons. The molecule has 0 spiro atoms. The number of halogens is 1. The second-order valence-electron chi connectivity index (χ2n) is 5.60. The molecule has 114 valence electrons. The van der Waals surface area contributed by atoms with Gasteiger partial charge in [-0.25, -0.2) is 13.1 Å². The van der Waals surface area contributed by atoms with Gasteiger partial charge < -0.3 is 5.11 Å². The van der Waals surface area contributed by atoms with Crippen LogP contribution in [0.5, 0.6) is 0 Å². The second-order valence-corrected chi connectivity index (χ2v) is 8.10. The molecule has 0 atom stereocenters. The van der Waals surface area contributed by atoms with Gasteiger partial charge in [-0.3, -0.25) is 0 Å². The maximum Gasteiger partial charge on any atom is 0.241 e. The predicted molar refractivity (Wildman–Crippen MR) is 84.1 cm³/mol. The lowest BCUT2D eigenvalue weighted by molar-refractivity contribution is 0.281. The molecule has 0 aliphatic heterocycles. The summed E-state index contributed by atoms with van der Waals surface area (Å²) < 4.78 is 28.5. The summed E-state index contributed by atoms with van der Waals surface area (Å²) in [5.41, 5.74) is 0.708. The summed E-state index contributed by atoms with van der Waals surface area (Å²) in [5, 5.41) is 9.22. The molecule has 0 saturated carbocycles. The van der Waals surface area contributed by atoms with Gasteiger partial charge in [-0.2, -0.15) is 0 Å². The molecule has 0 aliphatic rings. The Morgan fingerprint density at radius 1 is 1.35 bits per heavy atom. The van der Waals surface area contributed by atoms with Crippen LogP contribution in [0, 0.1) is 6.92 Å². The standard InChI is InChI=1S/C14H22BrNO3S/c1-5-6-14(3,4)16-20(18,19)13-8-11(9-17)7-12(15)10(13)2/h7-8,16-17H,5-6,9H2,1-4H3. The fraction of sp³-hybridized carbons (Fsp3) is 0.571. The van der Waals surface area contributed by atoms with Crippen molar-refractivity contribution in [1.29, 1.82) is 0 Å². The summed E-state index contributed by atoms with van der Waals surface area (Å²) >= 11 is 3.34. The Morgan fingerprint density at radius 3 is 2.45 bits per heavy atom. The van der Waals surface area contributed by atoms with Crippen molar-refractivity contribution in [3.63, 3.8) is 0 Å². The lowest BCUT2D eigenvalue weighted by Gasteiger charge is -2.26. The van der Waals surface area contributed by atoms with Gasteiger partial charge in [0.1, 0.15) is 0 Å². The van der Waals surface area contributed by atoms with Crippen molar-refractivity contribution in [2.24, 2.45) is 0 Å². The molecule has 0 fully saturated rings. The van der Waals surface area contributed by atoms with E-state index in [-0.39, 0.29) is 11.5 Å². The van der Waals surface area contributed by atoms with Gasteiger partial charge in [0.2, 0.25) is 10.0 Å². The van der Waals surface area contributed by atoms with Crippen molar-refractivity contribution in [2.45, 2.75) is 57.6 Å². The molecule has 4 nitrogen and oxygen atoms in total. The third-order valence-electron chi connectivity index (χ3n) is 3.11. The van der Waals surface area contributed by atoms with Crippen LogP contribution in [0.4, 0.5) is 0 Å². The Balaban J connectivity index is 3.25. The number of nitrogens with one attached hydrogen (secondary N) is 1. The van der Waals surface area contributed by atoms with Crippen molar-refractivity contribution >= 4 is 26.0 Å². The lowest BCUT2D eigenvalue weighted by Crippen LogP contribution is -2.43. The van der Waals surface area contributed by atoms with Crippen LogP contribution in [0.25, 0.3) is 0 Å². The summed E-state index contributed by atoms with van der Waals surface area (Å²) in [4.78, 5) is 0.208. The molecule has 0 aromatic heterocycles. The van der Waals surface area contributed by atoms with Gasteiger partial charge in [0, 0.05) is 10.0 Å². The summed E-state index contributed by atoms with van der Waals surface area (Å²) in [6.45, 7) is 7.30. The highest BCUT2D eigenvalue weighted by Gasteiger charge is 2.27. The fourth-order valence-electron chi connectivity index (χ4n) is 2.17. The first-order chi connectivity index (χ1) is 9.13. The molecular weight excluding hydrogens is 342 g/mol. The van der Waals surface area contributed by atoms with Gasteiger partial charge in [0.05, 0.1) is 11.5 Å². The highest BCUT2D eigenvalue weighted by molar-refractivity contribution is 9.10. The van der Waals surface area contributed by atoms with Gasteiger partial charge in [0.25, 0.3) is 0 Å². The number of aliphatic hydroxyl groups excluding tert-OH is 1. The molecular formula is C14H22BrNO3S. The topological polar surface area (TPSA) is 66.4 Å². The minimum atomic E-state index is -3.62. The first-order valence-corrected chi connectivity index (χ1v) is 8.84. The molecule has 0 unspecified atom stereocenters. The van der Waals surface area contributed by atoms with Crippen molar-refractivity contribution in [2.75, 3.05) is 0 Å². The van der Waals surface area contributed by atoms with Gasteiger partial charge in [0.15, 0.2) is 0 Å². The quantitative estimate of drug-likeness (QED) is 0.815. The average molecular weight is 364 g/mol.